The third kappa shape index (κ3) is 5.48. The van der Waals surface area contributed by atoms with Gasteiger partial charge in [0.05, 0.1) is 18.3 Å². The molecule has 0 radical (unpaired) electrons. The van der Waals surface area contributed by atoms with Crippen molar-refractivity contribution in [2.24, 2.45) is 0 Å². The number of esters is 1. The molecule has 0 saturated heterocycles. The van der Waals surface area contributed by atoms with Crippen molar-refractivity contribution in [3.05, 3.63) is 139 Å². The molecular formula is C30H28O2P+. The summed E-state index contributed by atoms with van der Waals surface area (Å²) in [6.07, 6.45) is 6.01. The molecule has 0 atom stereocenters. The van der Waals surface area contributed by atoms with Crippen LogP contribution in [0, 0.1) is 0 Å². The Labute approximate surface area is 196 Å². The number of rotatable bonds is 9. The van der Waals surface area contributed by atoms with E-state index in [0.717, 1.165) is 6.16 Å². The van der Waals surface area contributed by atoms with Crippen molar-refractivity contribution in [1.82, 2.24) is 0 Å². The molecule has 3 heteroatoms. The topological polar surface area (TPSA) is 26.3 Å². The van der Waals surface area contributed by atoms with Crippen LogP contribution in [0.3, 0.4) is 0 Å². The Hall–Kier alpha value is -3.48. The molecule has 0 unspecified atom stereocenters. The molecule has 4 aromatic carbocycles. The van der Waals surface area contributed by atoms with Gasteiger partial charge in [-0.2, -0.15) is 0 Å². The van der Waals surface area contributed by atoms with Gasteiger partial charge in [-0.05, 0) is 55.0 Å². The second-order valence-corrected chi connectivity index (χ2v) is 11.3. The van der Waals surface area contributed by atoms with Crippen LogP contribution >= 0.6 is 7.26 Å². The maximum Gasteiger partial charge on any atom is 0.338 e. The summed E-state index contributed by atoms with van der Waals surface area (Å²) in [6, 6.07) is 41.6. The van der Waals surface area contributed by atoms with E-state index in [2.05, 4.69) is 103 Å². The van der Waals surface area contributed by atoms with Crippen molar-refractivity contribution >= 4 is 29.1 Å². The third-order valence-corrected chi connectivity index (χ3v) is 9.96. The van der Waals surface area contributed by atoms with Crippen LogP contribution in [0.2, 0.25) is 0 Å². The summed E-state index contributed by atoms with van der Waals surface area (Å²) in [5.74, 6) is -0.274. The van der Waals surface area contributed by atoms with E-state index in [0.29, 0.717) is 18.6 Å². The van der Waals surface area contributed by atoms with E-state index in [1.165, 1.54) is 15.9 Å². The van der Waals surface area contributed by atoms with Gasteiger partial charge in [0.1, 0.15) is 23.2 Å². The van der Waals surface area contributed by atoms with Gasteiger partial charge in [-0.25, -0.2) is 4.79 Å². The Morgan fingerprint density at radius 3 is 1.48 bits per heavy atom. The molecule has 0 aliphatic carbocycles. The van der Waals surface area contributed by atoms with Crippen LogP contribution in [0.4, 0.5) is 0 Å². The first-order valence-corrected chi connectivity index (χ1v) is 13.2. The quantitative estimate of drug-likeness (QED) is 0.139. The summed E-state index contributed by atoms with van der Waals surface area (Å²) in [5.41, 5.74) is 0.587. The third-order valence-electron chi connectivity index (χ3n) is 5.66. The van der Waals surface area contributed by atoms with Gasteiger partial charge in [-0.15, -0.1) is 0 Å². The summed E-state index contributed by atoms with van der Waals surface area (Å²) in [7, 11) is -1.86. The van der Waals surface area contributed by atoms with Gasteiger partial charge in [0.25, 0.3) is 0 Å². The number of hydrogen-bond acceptors (Lipinski definition) is 2. The molecule has 4 rings (SSSR count). The van der Waals surface area contributed by atoms with Crippen LogP contribution in [0.1, 0.15) is 16.8 Å². The van der Waals surface area contributed by atoms with Crippen molar-refractivity contribution in [3.63, 3.8) is 0 Å². The van der Waals surface area contributed by atoms with Gasteiger partial charge >= 0.3 is 5.97 Å². The molecule has 0 aromatic heterocycles. The van der Waals surface area contributed by atoms with E-state index in [-0.39, 0.29) is 5.97 Å². The van der Waals surface area contributed by atoms with E-state index < -0.39 is 7.26 Å². The predicted octanol–water partition coefficient (Wildman–Crippen LogP) is 5.78. The van der Waals surface area contributed by atoms with E-state index in [4.69, 9.17) is 4.74 Å². The molecule has 0 fully saturated rings. The Morgan fingerprint density at radius 2 is 1.03 bits per heavy atom. The van der Waals surface area contributed by atoms with Gasteiger partial charge in [0, 0.05) is 0 Å². The summed E-state index contributed by atoms with van der Waals surface area (Å²) < 4.78 is 5.43. The molecule has 4 aromatic rings. The highest BCUT2D eigenvalue weighted by Crippen LogP contribution is 2.55. The van der Waals surface area contributed by atoms with Crippen molar-refractivity contribution in [2.75, 3.05) is 12.8 Å². The lowest BCUT2D eigenvalue weighted by Crippen LogP contribution is -2.32. The molecule has 0 spiro atoms. The minimum atomic E-state index is -1.86. The molecule has 2 nitrogen and oxygen atoms in total. The maximum absolute atomic E-state index is 12.2. The molecule has 0 bridgehead atoms. The van der Waals surface area contributed by atoms with Crippen molar-refractivity contribution in [1.29, 1.82) is 0 Å². The monoisotopic (exact) mass is 451 g/mol. The van der Waals surface area contributed by atoms with Crippen LogP contribution in [-0.4, -0.2) is 18.7 Å². The number of carbonyl (C=O) groups is 1. The normalized spacial score (nSPS) is 11.4. The predicted molar refractivity (Wildman–Crippen MR) is 140 cm³/mol. The van der Waals surface area contributed by atoms with Crippen LogP contribution in [0.25, 0.3) is 0 Å². The Balaban J connectivity index is 1.55. The van der Waals surface area contributed by atoms with Crippen molar-refractivity contribution in [3.8, 4) is 0 Å². The van der Waals surface area contributed by atoms with Crippen molar-refractivity contribution in [2.45, 2.75) is 6.42 Å². The van der Waals surface area contributed by atoms with E-state index in [9.17, 15) is 4.79 Å². The summed E-state index contributed by atoms with van der Waals surface area (Å²) >= 11 is 0. The minimum Gasteiger partial charge on any atom is -0.462 e. The number of benzene rings is 4. The van der Waals surface area contributed by atoms with Gasteiger partial charge in [0.15, 0.2) is 0 Å². The second-order valence-electron chi connectivity index (χ2n) is 7.76. The fourth-order valence-corrected chi connectivity index (χ4v) is 8.07. The number of hydrogen-bond donors (Lipinski definition) is 0. The first-order chi connectivity index (χ1) is 16.3. The Bertz CT molecular complexity index is 1060. The second kappa shape index (κ2) is 11.4. The molecular weight excluding hydrogens is 423 g/mol. The van der Waals surface area contributed by atoms with Crippen LogP contribution in [0.5, 0.6) is 0 Å². The lowest BCUT2D eigenvalue weighted by Gasteiger charge is -2.26. The fourth-order valence-electron chi connectivity index (χ4n) is 4.04. The summed E-state index contributed by atoms with van der Waals surface area (Å²) in [6.45, 7) is 0.373. The maximum atomic E-state index is 12.2. The van der Waals surface area contributed by atoms with Crippen LogP contribution in [0.15, 0.2) is 133 Å². The molecule has 164 valence electrons. The molecule has 0 heterocycles. The largest absolute Gasteiger partial charge is 0.462 e. The first-order valence-electron chi connectivity index (χ1n) is 11.2. The molecule has 0 aliphatic rings. The number of carbonyl (C=O) groups excluding carboxylic acids is 1. The van der Waals surface area contributed by atoms with Gasteiger partial charge in [-0.1, -0.05) is 84.9 Å². The van der Waals surface area contributed by atoms with Gasteiger partial charge in [0.2, 0.25) is 0 Å². The number of allylic oxidation sites excluding steroid dienone is 1. The molecule has 0 aliphatic heterocycles. The van der Waals surface area contributed by atoms with E-state index >= 15 is 0 Å². The fraction of sp³-hybridized carbons (Fsp3) is 0.100. The van der Waals surface area contributed by atoms with E-state index in [1.807, 2.05) is 18.2 Å². The van der Waals surface area contributed by atoms with Crippen LogP contribution < -0.4 is 15.9 Å². The highest BCUT2D eigenvalue weighted by atomic mass is 31.2. The minimum absolute atomic E-state index is 0.274. The Morgan fingerprint density at radius 1 is 0.606 bits per heavy atom. The highest BCUT2D eigenvalue weighted by molar-refractivity contribution is 7.95. The molecule has 0 amide bonds. The molecule has 0 saturated carbocycles. The lowest BCUT2D eigenvalue weighted by atomic mass is 10.2. The van der Waals surface area contributed by atoms with Crippen LogP contribution in [-0.2, 0) is 4.74 Å². The van der Waals surface area contributed by atoms with Gasteiger partial charge < -0.3 is 4.74 Å². The zero-order valence-corrected chi connectivity index (χ0v) is 19.5. The zero-order valence-electron chi connectivity index (χ0n) is 18.6. The highest BCUT2D eigenvalue weighted by Gasteiger charge is 2.43. The number of ether oxygens (including phenoxy) is 1. The lowest BCUT2D eigenvalue weighted by molar-refractivity contribution is 0.0511. The summed E-state index contributed by atoms with van der Waals surface area (Å²) in [4.78, 5) is 12.2. The van der Waals surface area contributed by atoms with Crippen molar-refractivity contribution < 1.29 is 9.53 Å². The smallest absolute Gasteiger partial charge is 0.338 e. The van der Waals surface area contributed by atoms with E-state index in [1.54, 1.807) is 12.1 Å². The average molecular weight is 452 g/mol. The average Bonchev–Trinajstić information content (AvgIpc) is 2.90. The summed E-state index contributed by atoms with van der Waals surface area (Å²) in [5, 5.41) is 4.09. The Kier molecular flexibility index (Phi) is 7.85. The first kappa shape index (κ1) is 22.7. The van der Waals surface area contributed by atoms with Gasteiger partial charge in [-0.3, -0.25) is 0 Å². The zero-order chi connectivity index (χ0) is 22.8. The molecule has 0 N–H and O–H groups in total. The standard InChI is InChI=1S/C30H28O2P/c31-30(26-16-6-1-7-17-26)32-24-14-5-15-25-33(27-18-8-2-9-19-27,28-20-10-3-11-21-28)29-22-12-4-13-23-29/h1-13,15-23H,14,24-25H2/q+1/b15-5-. The molecule has 33 heavy (non-hydrogen) atoms. The SMILES string of the molecule is O=C(OCC/C=C\C[P+](c1ccccc1)(c1ccccc1)c1ccccc1)c1ccccc1.